The molecule has 2 fully saturated rings. The smallest absolute Gasteiger partial charge is 0.329 e. The number of nitrogens with zero attached hydrogens (tertiary/aromatic N) is 3. The summed E-state index contributed by atoms with van der Waals surface area (Å²) < 4.78 is 0. The number of carboxylic acids is 1. The van der Waals surface area contributed by atoms with E-state index in [2.05, 4.69) is 20.5 Å². The summed E-state index contributed by atoms with van der Waals surface area (Å²) in [6, 6.07) is 22.1. The number of piperidine rings is 1. The lowest BCUT2D eigenvalue weighted by Crippen LogP contribution is -2.46. The molecule has 0 radical (unpaired) electrons. The lowest BCUT2D eigenvalue weighted by molar-refractivity contribution is -0.147. The molecule has 0 unspecified atom stereocenters. The number of likely N-dealkylation sites (tertiary alicyclic amines) is 2. The highest BCUT2D eigenvalue weighted by atomic mass is 16.4. The third kappa shape index (κ3) is 8.60. The normalized spacial score (nSPS) is 18.2. The molecule has 5 rings (SSSR count). The summed E-state index contributed by atoms with van der Waals surface area (Å²) in [5, 5.41) is 16.2. The average molecular weight is 652 g/mol. The molecule has 3 aromatic rings. The van der Waals surface area contributed by atoms with Crippen molar-refractivity contribution in [2.24, 2.45) is 4.99 Å². The van der Waals surface area contributed by atoms with Gasteiger partial charge in [0.1, 0.15) is 6.04 Å². The van der Waals surface area contributed by atoms with Crippen molar-refractivity contribution in [2.45, 2.75) is 63.5 Å². The Balaban J connectivity index is 1.39. The van der Waals surface area contributed by atoms with E-state index in [0.29, 0.717) is 28.2 Å². The van der Waals surface area contributed by atoms with E-state index in [9.17, 15) is 29.1 Å². The highest BCUT2D eigenvalue weighted by molar-refractivity contribution is 6.08. The molecule has 2 aliphatic rings. The van der Waals surface area contributed by atoms with Crippen LogP contribution in [0.5, 0.6) is 0 Å². The Bertz CT molecular complexity index is 1650. The molecule has 2 saturated heterocycles. The molecule has 0 aromatic heterocycles. The lowest BCUT2D eigenvalue weighted by atomic mass is 9.87. The predicted molar refractivity (Wildman–Crippen MR) is 183 cm³/mol. The molecule has 11 heteroatoms. The number of carboxylic acid groups (broad SMARTS) is 1. The number of amides is 4. The first-order chi connectivity index (χ1) is 23.2. The van der Waals surface area contributed by atoms with Crippen LogP contribution in [-0.4, -0.2) is 81.9 Å². The van der Waals surface area contributed by atoms with Gasteiger partial charge in [-0.1, -0.05) is 73.2 Å². The van der Waals surface area contributed by atoms with Crippen LogP contribution in [0.4, 0.5) is 11.4 Å². The van der Waals surface area contributed by atoms with Crippen LogP contribution < -0.4 is 10.6 Å². The molecule has 0 spiro atoms. The van der Waals surface area contributed by atoms with Gasteiger partial charge in [0.25, 0.3) is 0 Å². The zero-order valence-corrected chi connectivity index (χ0v) is 27.0. The van der Waals surface area contributed by atoms with Crippen LogP contribution in [0.3, 0.4) is 0 Å². The van der Waals surface area contributed by atoms with Crippen molar-refractivity contribution in [2.75, 3.05) is 30.3 Å². The molecular formula is C37H41N5O6. The Morgan fingerprint density at radius 2 is 1.52 bits per heavy atom. The van der Waals surface area contributed by atoms with Crippen LogP contribution >= 0.6 is 0 Å². The second-order valence-corrected chi connectivity index (χ2v) is 12.2. The lowest BCUT2D eigenvalue weighted by Gasteiger charge is -2.27. The summed E-state index contributed by atoms with van der Waals surface area (Å²) in [7, 11) is 0. The molecule has 3 atom stereocenters. The molecule has 3 aromatic carbocycles. The van der Waals surface area contributed by atoms with E-state index in [1.165, 1.54) is 0 Å². The number of hydrogen-bond acceptors (Lipinski definition) is 7. The molecule has 11 nitrogen and oxygen atoms in total. The molecule has 48 heavy (non-hydrogen) atoms. The fourth-order valence-electron chi connectivity index (χ4n) is 6.40. The van der Waals surface area contributed by atoms with Gasteiger partial charge in [0.2, 0.25) is 23.6 Å². The number of para-hydroxylation sites is 2. The van der Waals surface area contributed by atoms with Gasteiger partial charge in [0.15, 0.2) is 6.04 Å². The average Bonchev–Trinajstić information content (AvgIpc) is 3.49. The standard InChI is InChI=1S/C37H41N5O6/c1-25(28-17-9-10-18-30(28)40-32(43)24-41-21-11-4-12-22-41)38-35(37(47)48)29(26-13-5-2-6-14-26)23-34(45)42-31(19-20-33(42)44)36(46)39-27-15-7-3-8-16-27/h2-3,5-10,13-18,29,31,35H,4,11-12,19-24H2,1H3,(H,39,46)(H,40,43)(H,47,48)/t29-,31-,35+/m0/s1. The third-order valence-electron chi connectivity index (χ3n) is 8.82. The van der Waals surface area contributed by atoms with Gasteiger partial charge in [-0.3, -0.25) is 34.0 Å². The zero-order valence-electron chi connectivity index (χ0n) is 27.0. The van der Waals surface area contributed by atoms with Gasteiger partial charge in [-0.2, -0.15) is 0 Å². The second kappa shape index (κ2) is 16.1. The summed E-state index contributed by atoms with van der Waals surface area (Å²) in [6.45, 7) is 3.68. The maximum Gasteiger partial charge on any atom is 0.329 e. The number of anilines is 2. The minimum atomic E-state index is -1.41. The molecule has 3 N–H and O–H groups in total. The third-order valence-corrected chi connectivity index (χ3v) is 8.82. The number of aliphatic carboxylic acids is 1. The fraction of sp³-hybridized carbons (Fsp3) is 0.351. The van der Waals surface area contributed by atoms with Crippen molar-refractivity contribution >= 4 is 46.7 Å². The summed E-state index contributed by atoms with van der Waals surface area (Å²) in [5.74, 6) is -4.00. The first kappa shape index (κ1) is 34.2. The van der Waals surface area contributed by atoms with Crippen molar-refractivity contribution < 1.29 is 29.1 Å². The molecule has 0 bridgehead atoms. The van der Waals surface area contributed by atoms with E-state index in [-0.39, 0.29) is 31.7 Å². The second-order valence-electron chi connectivity index (χ2n) is 12.2. The summed E-state index contributed by atoms with van der Waals surface area (Å²) in [4.78, 5) is 73.5. The molecule has 0 saturated carbocycles. The highest BCUT2D eigenvalue weighted by Crippen LogP contribution is 2.31. The SMILES string of the molecule is CC(=N[C@@H](C(=O)O)[C@@H](CC(=O)N1C(=O)CC[C@H]1C(=O)Nc1ccccc1)c1ccccc1)c1ccccc1NC(=O)CN1CCCCC1. The van der Waals surface area contributed by atoms with Gasteiger partial charge in [0, 0.05) is 41.4 Å². The van der Waals surface area contributed by atoms with Crippen LogP contribution in [0, 0.1) is 0 Å². The van der Waals surface area contributed by atoms with E-state index in [0.717, 1.165) is 37.3 Å². The Hall–Kier alpha value is -5.16. The number of carbonyl (C=O) groups is 5. The molecule has 2 heterocycles. The van der Waals surface area contributed by atoms with Crippen molar-refractivity contribution in [3.8, 4) is 0 Å². The summed E-state index contributed by atoms with van der Waals surface area (Å²) in [6.07, 6.45) is 3.10. The quantitative estimate of drug-likeness (QED) is 0.240. The van der Waals surface area contributed by atoms with Gasteiger partial charge < -0.3 is 15.7 Å². The predicted octanol–water partition coefficient (Wildman–Crippen LogP) is 4.70. The summed E-state index contributed by atoms with van der Waals surface area (Å²) in [5.41, 5.74) is 2.51. The minimum Gasteiger partial charge on any atom is -0.480 e. The van der Waals surface area contributed by atoms with Gasteiger partial charge in [-0.15, -0.1) is 0 Å². The Morgan fingerprint density at radius 3 is 2.21 bits per heavy atom. The number of aliphatic imine (C=N–C) groups is 1. The van der Waals surface area contributed by atoms with E-state index < -0.39 is 41.7 Å². The highest BCUT2D eigenvalue weighted by Gasteiger charge is 2.42. The topological polar surface area (TPSA) is 148 Å². The van der Waals surface area contributed by atoms with Gasteiger partial charge in [-0.25, -0.2) is 4.79 Å². The first-order valence-corrected chi connectivity index (χ1v) is 16.4. The monoisotopic (exact) mass is 651 g/mol. The van der Waals surface area contributed by atoms with E-state index >= 15 is 0 Å². The van der Waals surface area contributed by atoms with E-state index in [1.807, 2.05) is 6.07 Å². The van der Waals surface area contributed by atoms with Crippen molar-refractivity contribution in [3.05, 3.63) is 96.1 Å². The summed E-state index contributed by atoms with van der Waals surface area (Å²) >= 11 is 0. The number of benzene rings is 3. The van der Waals surface area contributed by atoms with Crippen LogP contribution in [-0.2, 0) is 24.0 Å². The number of rotatable bonds is 12. The Labute approximate surface area is 280 Å². The zero-order chi connectivity index (χ0) is 34.0. The Kier molecular flexibility index (Phi) is 11.5. The maximum absolute atomic E-state index is 13.9. The van der Waals surface area contributed by atoms with E-state index in [1.54, 1.807) is 85.8 Å². The molecular weight excluding hydrogens is 610 g/mol. The van der Waals surface area contributed by atoms with Crippen molar-refractivity contribution in [1.29, 1.82) is 0 Å². The van der Waals surface area contributed by atoms with E-state index in [4.69, 9.17) is 0 Å². The van der Waals surface area contributed by atoms with Gasteiger partial charge in [-0.05, 0) is 63.0 Å². The minimum absolute atomic E-state index is 0.0223. The van der Waals surface area contributed by atoms with Crippen LogP contribution in [0.15, 0.2) is 89.9 Å². The van der Waals surface area contributed by atoms with Crippen LogP contribution in [0.2, 0.25) is 0 Å². The molecule has 0 aliphatic carbocycles. The maximum atomic E-state index is 13.9. The van der Waals surface area contributed by atoms with Gasteiger partial charge in [0.05, 0.1) is 6.54 Å². The van der Waals surface area contributed by atoms with Crippen LogP contribution in [0.1, 0.15) is 62.5 Å². The molecule has 4 amide bonds. The largest absolute Gasteiger partial charge is 0.480 e. The van der Waals surface area contributed by atoms with Crippen molar-refractivity contribution in [1.82, 2.24) is 9.80 Å². The van der Waals surface area contributed by atoms with Crippen molar-refractivity contribution in [3.63, 3.8) is 0 Å². The van der Waals surface area contributed by atoms with Gasteiger partial charge >= 0.3 is 5.97 Å². The number of hydrogen-bond donors (Lipinski definition) is 3. The molecule has 250 valence electrons. The molecule has 2 aliphatic heterocycles. The number of carbonyl (C=O) groups excluding carboxylic acids is 4. The number of imide groups is 1. The van der Waals surface area contributed by atoms with Crippen LogP contribution in [0.25, 0.3) is 0 Å². The number of nitrogens with one attached hydrogen (secondary N) is 2. The fourth-order valence-corrected chi connectivity index (χ4v) is 6.40. The Morgan fingerprint density at radius 1 is 0.875 bits per heavy atom. The first-order valence-electron chi connectivity index (χ1n) is 16.4.